The van der Waals surface area contributed by atoms with E-state index in [9.17, 15) is 0 Å². The van der Waals surface area contributed by atoms with Crippen LogP contribution in [0.4, 0.5) is 0 Å². The van der Waals surface area contributed by atoms with Gasteiger partial charge in [-0.15, -0.1) is 0 Å². The Kier molecular flexibility index (Phi) is 1.33. The molecule has 0 aromatic heterocycles. The highest BCUT2D eigenvalue weighted by molar-refractivity contribution is 5.51. The van der Waals surface area contributed by atoms with Gasteiger partial charge < -0.3 is 4.74 Å². The van der Waals surface area contributed by atoms with Crippen molar-refractivity contribution in [2.45, 2.75) is 13.8 Å². The molecule has 0 spiro atoms. The van der Waals surface area contributed by atoms with Crippen LogP contribution in [0.15, 0.2) is 16.3 Å². The van der Waals surface area contributed by atoms with E-state index in [1.807, 2.05) is 13.8 Å². The molecule has 8 heavy (non-hydrogen) atoms. The van der Waals surface area contributed by atoms with Crippen molar-refractivity contribution in [1.29, 1.82) is 0 Å². The maximum atomic E-state index is 4.90. The van der Waals surface area contributed by atoms with Gasteiger partial charge in [-0.05, 0) is 19.4 Å². The summed E-state index contributed by atoms with van der Waals surface area (Å²) in [4.78, 5) is 3.94. The van der Waals surface area contributed by atoms with Crippen LogP contribution in [0.5, 0.6) is 0 Å². The zero-order valence-electron chi connectivity index (χ0n) is 5.14. The van der Waals surface area contributed by atoms with Gasteiger partial charge in [-0.1, -0.05) is 0 Å². The van der Waals surface area contributed by atoms with Gasteiger partial charge in [0.2, 0.25) is 0 Å². The van der Waals surface area contributed by atoms with Crippen molar-refractivity contribution in [2.75, 3.05) is 6.61 Å². The molecule has 0 N–H and O–H groups in total. The van der Waals surface area contributed by atoms with E-state index >= 15 is 0 Å². The van der Waals surface area contributed by atoms with E-state index in [1.165, 1.54) is 12.0 Å². The number of nitrogens with zero attached hydrogens (tertiary/aromatic N) is 1. The standard InChI is InChI=1S/C6H9NO/c1-5-3-8-4-7-6(5)2/h4H,3H2,1-2H3. The summed E-state index contributed by atoms with van der Waals surface area (Å²) in [5, 5.41) is 0. The lowest BCUT2D eigenvalue weighted by atomic mass is 10.2. The normalized spacial score (nSPS) is 18.8. The maximum absolute atomic E-state index is 4.90. The van der Waals surface area contributed by atoms with Crippen LogP contribution in [0, 0.1) is 0 Å². The predicted octanol–water partition coefficient (Wildman–Crippen LogP) is 1.34. The lowest BCUT2D eigenvalue weighted by molar-refractivity contribution is 0.347. The molecule has 0 atom stereocenters. The molecule has 0 saturated carbocycles. The second kappa shape index (κ2) is 1.99. The van der Waals surface area contributed by atoms with Crippen molar-refractivity contribution < 1.29 is 4.74 Å². The molecule has 1 rings (SSSR count). The molecular weight excluding hydrogens is 102 g/mol. The van der Waals surface area contributed by atoms with Crippen molar-refractivity contribution in [3.05, 3.63) is 11.3 Å². The van der Waals surface area contributed by atoms with Crippen LogP contribution >= 0.6 is 0 Å². The number of aliphatic imine (C=N–C) groups is 1. The zero-order valence-corrected chi connectivity index (χ0v) is 5.14. The Labute approximate surface area is 48.9 Å². The Morgan fingerprint density at radius 3 is 2.75 bits per heavy atom. The van der Waals surface area contributed by atoms with E-state index in [1.54, 1.807) is 0 Å². The summed E-state index contributed by atoms with van der Waals surface area (Å²) in [6, 6.07) is 0. The molecule has 2 nitrogen and oxygen atoms in total. The van der Waals surface area contributed by atoms with Crippen molar-refractivity contribution in [1.82, 2.24) is 0 Å². The lowest BCUT2D eigenvalue weighted by Crippen LogP contribution is -2.00. The highest BCUT2D eigenvalue weighted by Crippen LogP contribution is 2.07. The predicted molar refractivity (Wildman–Crippen MR) is 32.8 cm³/mol. The fourth-order valence-corrected chi connectivity index (χ4v) is 0.493. The van der Waals surface area contributed by atoms with Crippen LogP contribution in [0.1, 0.15) is 13.8 Å². The van der Waals surface area contributed by atoms with Crippen LogP contribution in [-0.2, 0) is 4.74 Å². The van der Waals surface area contributed by atoms with Gasteiger partial charge in [-0.2, -0.15) is 0 Å². The second-order valence-corrected chi connectivity index (χ2v) is 1.91. The molecule has 0 aromatic carbocycles. The molecule has 1 aliphatic rings. The van der Waals surface area contributed by atoms with Crippen LogP contribution < -0.4 is 0 Å². The molecule has 0 aromatic rings. The maximum Gasteiger partial charge on any atom is 0.174 e. The van der Waals surface area contributed by atoms with Crippen LogP contribution in [0.2, 0.25) is 0 Å². The minimum absolute atomic E-state index is 0.704. The Morgan fingerprint density at radius 2 is 2.38 bits per heavy atom. The van der Waals surface area contributed by atoms with E-state index in [0.29, 0.717) is 6.61 Å². The van der Waals surface area contributed by atoms with E-state index in [2.05, 4.69) is 4.99 Å². The molecule has 44 valence electrons. The highest BCUT2D eigenvalue weighted by Gasteiger charge is 1.98. The molecule has 0 radical (unpaired) electrons. The van der Waals surface area contributed by atoms with Crippen LogP contribution in [0.25, 0.3) is 0 Å². The average Bonchev–Trinajstić information content (AvgIpc) is 1.77. The summed E-state index contributed by atoms with van der Waals surface area (Å²) >= 11 is 0. The minimum Gasteiger partial charge on any atom is -0.479 e. The second-order valence-electron chi connectivity index (χ2n) is 1.91. The smallest absolute Gasteiger partial charge is 0.174 e. The van der Waals surface area contributed by atoms with Gasteiger partial charge in [0, 0.05) is 5.70 Å². The fourth-order valence-electron chi connectivity index (χ4n) is 0.493. The third kappa shape index (κ3) is 0.886. The Morgan fingerprint density at radius 1 is 1.62 bits per heavy atom. The fraction of sp³-hybridized carbons (Fsp3) is 0.500. The van der Waals surface area contributed by atoms with Gasteiger partial charge >= 0.3 is 0 Å². The van der Waals surface area contributed by atoms with Gasteiger partial charge in [0.25, 0.3) is 0 Å². The van der Waals surface area contributed by atoms with Crippen molar-refractivity contribution in [2.24, 2.45) is 4.99 Å². The topological polar surface area (TPSA) is 21.6 Å². The third-order valence-corrected chi connectivity index (χ3v) is 1.24. The number of hydrogen-bond donors (Lipinski definition) is 0. The molecule has 0 amide bonds. The third-order valence-electron chi connectivity index (χ3n) is 1.24. The van der Waals surface area contributed by atoms with Gasteiger partial charge in [0.05, 0.1) is 0 Å². The van der Waals surface area contributed by atoms with E-state index in [0.717, 1.165) is 5.70 Å². The molecule has 2 heteroatoms. The van der Waals surface area contributed by atoms with E-state index < -0.39 is 0 Å². The molecule has 0 fully saturated rings. The lowest BCUT2D eigenvalue weighted by Gasteiger charge is -2.07. The summed E-state index contributed by atoms with van der Waals surface area (Å²) in [6.07, 6.45) is 1.49. The summed E-state index contributed by atoms with van der Waals surface area (Å²) in [6.45, 7) is 4.70. The number of ether oxygens (including phenoxy) is 1. The molecule has 0 aliphatic carbocycles. The molecule has 0 saturated heterocycles. The first kappa shape index (κ1) is 5.35. The molecule has 0 unspecified atom stereocenters. The molecule has 1 aliphatic heterocycles. The van der Waals surface area contributed by atoms with Crippen molar-refractivity contribution >= 4 is 6.40 Å². The Balaban J connectivity index is 2.76. The minimum atomic E-state index is 0.704. The SMILES string of the molecule is CC1=C(C)N=COC1. The highest BCUT2D eigenvalue weighted by atomic mass is 16.5. The summed E-state index contributed by atoms with van der Waals surface area (Å²) in [5.74, 6) is 0. The Hall–Kier alpha value is -0.790. The number of rotatable bonds is 0. The van der Waals surface area contributed by atoms with Crippen molar-refractivity contribution in [3.63, 3.8) is 0 Å². The van der Waals surface area contributed by atoms with E-state index in [-0.39, 0.29) is 0 Å². The van der Waals surface area contributed by atoms with Crippen molar-refractivity contribution in [3.8, 4) is 0 Å². The first-order valence-electron chi connectivity index (χ1n) is 2.61. The first-order valence-corrected chi connectivity index (χ1v) is 2.61. The van der Waals surface area contributed by atoms with Gasteiger partial charge in [0.15, 0.2) is 6.40 Å². The van der Waals surface area contributed by atoms with Gasteiger partial charge in [-0.25, -0.2) is 4.99 Å². The van der Waals surface area contributed by atoms with E-state index in [4.69, 9.17) is 4.74 Å². The largest absolute Gasteiger partial charge is 0.479 e. The number of hydrogen-bond acceptors (Lipinski definition) is 2. The number of allylic oxidation sites excluding steroid dienone is 1. The monoisotopic (exact) mass is 111 g/mol. The quantitative estimate of drug-likeness (QED) is 0.462. The molecular formula is C6H9NO. The summed E-state index contributed by atoms with van der Waals surface area (Å²) in [7, 11) is 0. The van der Waals surface area contributed by atoms with Gasteiger partial charge in [-0.3, -0.25) is 0 Å². The molecule has 1 heterocycles. The average molecular weight is 111 g/mol. The van der Waals surface area contributed by atoms with Gasteiger partial charge in [0.1, 0.15) is 6.61 Å². The van der Waals surface area contributed by atoms with Crippen LogP contribution in [0.3, 0.4) is 0 Å². The summed E-state index contributed by atoms with van der Waals surface area (Å²) in [5.41, 5.74) is 2.30. The Bertz CT molecular complexity index is 147. The zero-order chi connectivity index (χ0) is 5.98. The first-order chi connectivity index (χ1) is 3.80. The summed E-state index contributed by atoms with van der Waals surface area (Å²) < 4.78 is 4.90. The molecule has 0 bridgehead atoms. The van der Waals surface area contributed by atoms with Crippen LogP contribution in [-0.4, -0.2) is 13.0 Å².